The highest BCUT2D eigenvalue weighted by molar-refractivity contribution is 5.96. The summed E-state index contributed by atoms with van der Waals surface area (Å²) in [5, 5.41) is 11.3. The van der Waals surface area contributed by atoms with E-state index in [2.05, 4.69) is 15.5 Å². The molecular weight excluding hydrogens is 282 g/mol. The van der Waals surface area contributed by atoms with Gasteiger partial charge in [0.25, 0.3) is 0 Å². The van der Waals surface area contributed by atoms with Crippen molar-refractivity contribution in [3.05, 3.63) is 34.9 Å². The van der Waals surface area contributed by atoms with Crippen LogP contribution in [0.5, 0.6) is 0 Å². The Bertz CT molecular complexity index is 714. The third-order valence-electron chi connectivity index (χ3n) is 3.63. The molecule has 0 saturated carbocycles. The molecule has 1 atom stereocenters. The van der Waals surface area contributed by atoms with Crippen LogP contribution in [0.25, 0.3) is 0 Å². The van der Waals surface area contributed by atoms with E-state index in [-0.39, 0.29) is 24.3 Å². The Kier molecular flexibility index (Phi) is 4.44. The van der Waals surface area contributed by atoms with Gasteiger partial charge < -0.3 is 5.32 Å². The first kappa shape index (κ1) is 15.9. The molecule has 0 radical (unpaired) electrons. The van der Waals surface area contributed by atoms with E-state index in [1.807, 2.05) is 20.2 Å². The maximum atomic E-state index is 12.2. The second-order valence-corrected chi connectivity index (χ2v) is 5.50. The lowest BCUT2D eigenvalue weighted by Gasteiger charge is -2.12. The summed E-state index contributed by atoms with van der Waals surface area (Å²) in [6.07, 6.45) is 3.59. The van der Waals surface area contributed by atoms with Crippen LogP contribution in [-0.4, -0.2) is 31.3 Å². The van der Waals surface area contributed by atoms with Crippen molar-refractivity contribution < 1.29 is 9.59 Å². The highest BCUT2D eigenvalue weighted by Gasteiger charge is 2.18. The molecule has 22 heavy (non-hydrogen) atoms. The smallest absolute Gasteiger partial charge is 0.242 e. The van der Waals surface area contributed by atoms with Gasteiger partial charge in [-0.25, -0.2) is 0 Å². The number of hydrogen-bond acceptors (Lipinski definition) is 4. The number of ketones is 1. The van der Waals surface area contributed by atoms with Gasteiger partial charge in [-0.15, -0.1) is 0 Å². The summed E-state index contributed by atoms with van der Waals surface area (Å²) in [6, 6.07) is -0.134. The maximum Gasteiger partial charge on any atom is 0.242 e. The summed E-state index contributed by atoms with van der Waals surface area (Å²) < 4.78 is 3.26. The average Bonchev–Trinajstić information content (AvgIpc) is 2.94. The van der Waals surface area contributed by atoms with Gasteiger partial charge >= 0.3 is 0 Å². The molecule has 0 fully saturated rings. The Hall–Kier alpha value is -2.44. The van der Waals surface area contributed by atoms with Gasteiger partial charge in [-0.3, -0.25) is 19.0 Å². The van der Waals surface area contributed by atoms with Crippen LogP contribution >= 0.6 is 0 Å². The molecule has 0 bridgehead atoms. The lowest BCUT2D eigenvalue weighted by atomic mass is 10.1. The molecule has 0 aliphatic rings. The molecule has 7 heteroatoms. The highest BCUT2D eigenvalue weighted by Crippen LogP contribution is 2.14. The van der Waals surface area contributed by atoms with E-state index in [0.29, 0.717) is 17.0 Å². The van der Waals surface area contributed by atoms with Gasteiger partial charge in [0.2, 0.25) is 5.91 Å². The van der Waals surface area contributed by atoms with Crippen LogP contribution in [0.4, 0.5) is 0 Å². The van der Waals surface area contributed by atoms with E-state index in [1.165, 1.54) is 6.92 Å². The van der Waals surface area contributed by atoms with Gasteiger partial charge in [0, 0.05) is 24.5 Å². The van der Waals surface area contributed by atoms with E-state index in [1.54, 1.807) is 29.4 Å². The molecule has 0 aliphatic heterocycles. The number of nitrogens with zero attached hydrogens (tertiary/aromatic N) is 4. The van der Waals surface area contributed by atoms with Crippen molar-refractivity contribution >= 4 is 11.7 Å². The molecule has 2 rings (SSSR count). The third kappa shape index (κ3) is 3.24. The fraction of sp³-hybridized carbons (Fsp3) is 0.467. The van der Waals surface area contributed by atoms with Crippen molar-refractivity contribution in [2.45, 2.75) is 40.3 Å². The lowest BCUT2D eigenvalue weighted by molar-refractivity contribution is -0.122. The van der Waals surface area contributed by atoms with Crippen molar-refractivity contribution in [1.29, 1.82) is 0 Å². The molecule has 0 aromatic carbocycles. The number of nitrogens with one attached hydrogen (secondary N) is 1. The number of amides is 1. The van der Waals surface area contributed by atoms with Crippen LogP contribution in [0.3, 0.4) is 0 Å². The van der Waals surface area contributed by atoms with E-state index in [9.17, 15) is 9.59 Å². The minimum atomic E-state index is -0.156. The van der Waals surface area contributed by atoms with E-state index in [0.717, 1.165) is 5.56 Å². The minimum absolute atomic E-state index is 0.0367. The Labute approximate surface area is 129 Å². The number of aromatic nitrogens is 4. The predicted molar refractivity (Wildman–Crippen MR) is 81.5 cm³/mol. The molecule has 7 nitrogen and oxygen atoms in total. The summed E-state index contributed by atoms with van der Waals surface area (Å²) in [6.45, 7) is 7.07. The van der Waals surface area contributed by atoms with Gasteiger partial charge in [-0.05, 0) is 27.7 Å². The first-order valence-electron chi connectivity index (χ1n) is 7.12. The number of rotatable bonds is 5. The predicted octanol–water partition coefficient (Wildman–Crippen LogP) is 1.31. The molecule has 0 saturated heterocycles. The van der Waals surface area contributed by atoms with Gasteiger partial charge in [0.05, 0.1) is 23.5 Å². The van der Waals surface area contributed by atoms with E-state index >= 15 is 0 Å². The normalized spacial score (nSPS) is 12.2. The van der Waals surface area contributed by atoms with Crippen LogP contribution in [0.1, 0.15) is 47.2 Å². The summed E-state index contributed by atoms with van der Waals surface area (Å²) in [7, 11) is 1.83. The highest BCUT2D eigenvalue weighted by atomic mass is 16.2. The number of carbonyl (C=O) groups is 2. The molecule has 2 heterocycles. The van der Waals surface area contributed by atoms with Crippen molar-refractivity contribution in [2.75, 3.05) is 0 Å². The van der Waals surface area contributed by atoms with Crippen LogP contribution in [0.2, 0.25) is 0 Å². The van der Waals surface area contributed by atoms with Crippen molar-refractivity contribution in [1.82, 2.24) is 24.9 Å². The third-order valence-corrected chi connectivity index (χ3v) is 3.63. The fourth-order valence-corrected chi connectivity index (χ4v) is 2.53. The fourth-order valence-electron chi connectivity index (χ4n) is 2.53. The Balaban J connectivity index is 2.06. The van der Waals surface area contributed by atoms with Gasteiger partial charge in [0.1, 0.15) is 6.54 Å². The molecule has 2 aromatic rings. The van der Waals surface area contributed by atoms with Crippen LogP contribution < -0.4 is 5.32 Å². The summed E-state index contributed by atoms with van der Waals surface area (Å²) >= 11 is 0. The lowest BCUT2D eigenvalue weighted by Crippen LogP contribution is -2.30. The summed E-state index contributed by atoms with van der Waals surface area (Å²) in [5.41, 5.74) is 2.90. The zero-order valence-corrected chi connectivity index (χ0v) is 13.5. The van der Waals surface area contributed by atoms with Crippen molar-refractivity contribution in [3.8, 4) is 0 Å². The minimum Gasteiger partial charge on any atom is -0.348 e. The number of aryl methyl sites for hydroxylation is 2. The largest absolute Gasteiger partial charge is 0.348 e. The molecule has 0 spiro atoms. The van der Waals surface area contributed by atoms with Crippen LogP contribution in [0, 0.1) is 13.8 Å². The molecule has 2 aromatic heterocycles. The molecule has 0 unspecified atom stereocenters. The standard InChI is InChI=1S/C15H21N5O2/c1-9(13-6-16-19(5)7-13)17-14(22)8-20-11(3)15(12(4)21)10(2)18-20/h6-7,9H,8H2,1-5H3,(H,17,22)/t9-/m0/s1. The van der Waals surface area contributed by atoms with Crippen LogP contribution in [0.15, 0.2) is 12.4 Å². The number of carbonyl (C=O) groups excluding carboxylic acids is 2. The summed E-state index contributed by atoms with van der Waals surface area (Å²) in [5.74, 6) is -0.192. The zero-order valence-electron chi connectivity index (χ0n) is 13.5. The molecule has 118 valence electrons. The molecule has 1 N–H and O–H groups in total. The topological polar surface area (TPSA) is 81.8 Å². The SMILES string of the molecule is CC(=O)c1c(C)nn(CC(=O)N[C@@H](C)c2cnn(C)c2)c1C. The van der Waals surface area contributed by atoms with Crippen molar-refractivity contribution in [2.24, 2.45) is 7.05 Å². The van der Waals surface area contributed by atoms with Crippen LogP contribution in [-0.2, 0) is 18.4 Å². The Morgan fingerprint density at radius 1 is 1.36 bits per heavy atom. The number of Topliss-reactive ketones (excluding diaryl/α,β-unsaturated/α-hetero) is 1. The molecule has 1 amide bonds. The average molecular weight is 303 g/mol. The summed E-state index contributed by atoms with van der Waals surface area (Å²) in [4.78, 5) is 23.7. The van der Waals surface area contributed by atoms with E-state index in [4.69, 9.17) is 0 Å². The maximum absolute atomic E-state index is 12.2. The molecular formula is C15H21N5O2. The second-order valence-electron chi connectivity index (χ2n) is 5.50. The monoisotopic (exact) mass is 303 g/mol. The Morgan fingerprint density at radius 2 is 2.05 bits per heavy atom. The van der Waals surface area contributed by atoms with Gasteiger partial charge in [0.15, 0.2) is 5.78 Å². The first-order chi connectivity index (χ1) is 10.3. The molecule has 0 aliphatic carbocycles. The second kappa shape index (κ2) is 6.13. The zero-order chi connectivity index (χ0) is 16.4. The van der Waals surface area contributed by atoms with E-state index < -0.39 is 0 Å². The quantitative estimate of drug-likeness (QED) is 0.844. The van der Waals surface area contributed by atoms with Gasteiger partial charge in [-0.1, -0.05) is 0 Å². The van der Waals surface area contributed by atoms with Gasteiger partial charge in [-0.2, -0.15) is 10.2 Å². The first-order valence-corrected chi connectivity index (χ1v) is 7.12. The van der Waals surface area contributed by atoms with Crippen molar-refractivity contribution in [3.63, 3.8) is 0 Å². The number of hydrogen-bond donors (Lipinski definition) is 1. The Morgan fingerprint density at radius 3 is 2.55 bits per heavy atom.